The molecule has 0 spiro atoms. The van der Waals surface area contributed by atoms with Crippen LogP contribution in [0.1, 0.15) is 46.1 Å². The highest BCUT2D eigenvalue weighted by molar-refractivity contribution is 8.01. The highest BCUT2D eigenvalue weighted by atomic mass is 35.6. The van der Waals surface area contributed by atoms with Crippen LogP contribution < -0.4 is 5.32 Å². The SMILES string of the molecule is Cc1nnc(SC[C@H]2C[C@@H](c3ccc(CO)cc3)O[C@@H](c3ccc(CNC(=O)C(Cl)(Cl)Cl)cc3)O2)s1. The standard InChI is InChI=1S/C24H24Cl3N3O4S2/c1-14-29-30-23(36-14)35-13-19-10-20(17-6-4-16(12-31)5-7-17)34-21(33-19)18-8-2-15(3-9-18)11-28-22(32)24(25,26)27/h2-9,19-21,31H,10-13H2,1H3,(H,28,32)/t19-,20+,21+/m1/s1. The van der Waals surface area contributed by atoms with Gasteiger partial charge in [0.2, 0.25) is 0 Å². The van der Waals surface area contributed by atoms with Crippen LogP contribution in [0.25, 0.3) is 0 Å². The summed E-state index contributed by atoms with van der Waals surface area (Å²) in [4.78, 5) is 11.8. The molecule has 192 valence electrons. The number of nitrogens with one attached hydrogen (secondary N) is 1. The number of aliphatic hydroxyl groups excluding tert-OH is 1. The molecule has 2 heterocycles. The van der Waals surface area contributed by atoms with Crippen molar-refractivity contribution in [3.05, 3.63) is 75.8 Å². The smallest absolute Gasteiger partial charge is 0.272 e. The molecule has 1 aromatic heterocycles. The summed E-state index contributed by atoms with van der Waals surface area (Å²) in [6.07, 6.45) is -0.154. The zero-order valence-corrected chi connectivity index (χ0v) is 23.1. The normalized spacial score (nSPS) is 20.3. The molecule has 2 N–H and O–H groups in total. The summed E-state index contributed by atoms with van der Waals surface area (Å²) in [7, 11) is 0. The fourth-order valence-corrected chi connectivity index (χ4v) is 5.66. The molecule has 3 atom stereocenters. The Balaban J connectivity index is 1.46. The van der Waals surface area contributed by atoms with Gasteiger partial charge in [-0.15, -0.1) is 10.2 Å². The van der Waals surface area contributed by atoms with Crippen molar-refractivity contribution < 1.29 is 19.4 Å². The number of amides is 1. The van der Waals surface area contributed by atoms with Crippen molar-refractivity contribution in [2.45, 2.75) is 53.1 Å². The van der Waals surface area contributed by atoms with Crippen molar-refractivity contribution in [3.63, 3.8) is 0 Å². The minimum absolute atomic E-state index is 0.00740. The molecular formula is C24H24Cl3N3O4S2. The predicted octanol–water partition coefficient (Wildman–Crippen LogP) is 5.66. The molecule has 0 aliphatic carbocycles. The molecule has 1 fully saturated rings. The van der Waals surface area contributed by atoms with Crippen molar-refractivity contribution in [2.75, 3.05) is 5.75 Å². The third kappa shape index (κ3) is 7.55. The van der Waals surface area contributed by atoms with Gasteiger partial charge in [-0.25, -0.2) is 0 Å². The number of halogens is 3. The van der Waals surface area contributed by atoms with Crippen LogP contribution in [0, 0.1) is 6.92 Å². The fourth-order valence-electron chi connectivity index (χ4n) is 3.60. The molecule has 1 saturated heterocycles. The number of rotatable bonds is 8. The molecule has 0 radical (unpaired) electrons. The number of ether oxygens (including phenoxy) is 2. The Morgan fingerprint density at radius 3 is 2.36 bits per heavy atom. The van der Waals surface area contributed by atoms with E-state index >= 15 is 0 Å². The number of aryl methyl sites for hydroxylation is 1. The maximum absolute atomic E-state index is 11.8. The van der Waals surface area contributed by atoms with E-state index in [1.54, 1.807) is 23.1 Å². The number of alkyl halides is 3. The van der Waals surface area contributed by atoms with Crippen LogP contribution in [-0.4, -0.2) is 36.9 Å². The fraction of sp³-hybridized carbons (Fsp3) is 0.375. The highest BCUT2D eigenvalue weighted by Crippen LogP contribution is 2.39. The minimum atomic E-state index is -2.01. The number of carbonyl (C=O) groups is 1. The average molecular weight is 589 g/mol. The summed E-state index contributed by atoms with van der Waals surface area (Å²) >= 11 is 20.0. The first-order chi connectivity index (χ1) is 17.2. The van der Waals surface area contributed by atoms with Crippen molar-refractivity contribution in [1.29, 1.82) is 0 Å². The lowest BCUT2D eigenvalue weighted by Gasteiger charge is -2.36. The predicted molar refractivity (Wildman–Crippen MR) is 142 cm³/mol. The van der Waals surface area contributed by atoms with E-state index in [0.717, 1.165) is 31.6 Å². The molecular weight excluding hydrogens is 565 g/mol. The quantitative estimate of drug-likeness (QED) is 0.259. The van der Waals surface area contributed by atoms with E-state index in [-0.39, 0.29) is 25.4 Å². The van der Waals surface area contributed by atoms with Crippen molar-refractivity contribution in [1.82, 2.24) is 15.5 Å². The molecule has 0 bridgehead atoms. The Kier molecular flexibility index (Phi) is 9.51. The van der Waals surface area contributed by atoms with Gasteiger partial charge >= 0.3 is 0 Å². The Hall–Kier alpha value is -1.43. The first kappa shape index (κ1) is 27.6. The number of nitrogens with zero attached hydrogens (tertiary/aromatic N) is 2. The van der Waals surface area contributed by atoms with Crippen molar-refractivity contribution in [2.24, 2.45) is 0 Å². The summed E-state index contributed by atoms with van der Waals surface area (Å²) in [5, 5.41) is 21.2. The van der Waals surface area contributed by atoms with Gasteiger partial charge < -0.3 is 19.9 Å². The van der Waals surface area contributed by atoms with Gasteiger partial charge in [0.25, 0.3) is 9.70 Å². The number of hydrogen-bond donors (Lipinski definition) is 2. The van der Waals surface area contributed by atoms with Crippen LogP contribution in [0.2, 0.25) is 0 Å². The number of thioether (sulfide) groups is 1. The van der Waals surface area contributed by atoms with Crippen LogP contribution >= 0.6 is 57.9 Å². The lowest BCUT2D eigenvalue weighted by Crippen LogP contribution is -2.34. The maximum Gasteiger partial charge on any atom is 0.272 e. The molecule has 2 aromatic carbocycles. The third-order valence-electron chi connectivity index (χ3n) is 5.48. The summed E-state index contributed by atoms with van der Waals surface area (Å²) in [5.74, 6) is 0.0254. The highest BCUT2D eigenvalue weighted by Gasteiger charge is 2.33. The second-order valence-electron chi connectivity index (χ2n) is 8.17. The van der Waals surface area contributed by atoms with Gasteiger partial charge in [0.05, 0.1) is 18.8 Å². The molecule has 3 aromatic rings. The molecule has 1 aliphatic heterocycles. The molecule has 0 unspecified atom stereocenters. The Bertz CT molecular complexity index is 1160. The van der Waals surface area contributed by atoms with E-state index in [1.165, 1.54) is 0 Å². The molecule has 0 saturated carbocycles. The van der Waals surface area contributed by atoms with Gasteiger partial charge in [-0.1, -0.05) is 106 Å². The number of carbonyl (C=O) groups excluding carboxylic acids is 1. The molecule has 1 amide bonds. The molecule has 4 rings (SSSR count). The number of aromatic nitrogens is 2. The Morgan fingerprint density at radius 1 is 1.08 bits per heavy atom. The second-order valence-corrected chi connectivity index (χ2v) is 12.9. The van der Waals surface area contributed by atoms with Gasteiger partial charge in [-0.05, 0) is 23.6 Å². The number of aliphatic hydroxyl groups is 1. The monoisotopic (exact) mass is 587 g/mol. The van der Waals surface area contributed by atoms with E-state index in [2.05, 4.69) is 15.5 Å². The Morgan fingerprint density at radius 2 is 1.75 bits per heavy atom. The number of benzene rings is 2. The van der Waals surface area contributed by atoms with Gasteiger partial charge in [-0.2, -0.15) is 0 Å². The molecule has 1 aliphatic rings. The Labute approximate surface area is 232 Å². The van der Waals surface area contributed by atoms with Crippen LogP contribution in [0.4, 0.5) is 0 Å². The lowest BCUT2D eigenvalue weighted by molar-refractivity contribution is -0.245. The average Bonchev–Trinajstić information content (AvgIpc) is 3.30. The molecule has 36 heavy (non-hydrogen) atoms. The lowest BCUT2D eigenvalue weighted by atomic mass is 10.0. The van der Waals surface area contributed by atoms with E-state index in [9.17, 15) is 9.90 Å². The molecule has 12 heteroatoms. The van der Waals surface area contributed by atoms with E-state index < -0.39 is 16.0 Å². The largest absolute Gasteiger partial charge is 0.392 e. The van der Waals surface area contributed by atoms with Crippen LogP contribution in [0.15, 0.2) is 52.9 Å². The second kappa shape index (κ2) is 12.4. The summed E-state index contributed by atoms with van der Waals surface area (Å²) in [6.45, 7) is 2.15. The summed E-state index contributed by atoms with van der Waals surface area (Å²) in [6, 6.07) is 15.3. The zero-order chi connectivity index (χ0) is 25.7. The van der Waals surface area contributed by atoms with Crippen molar-refractivity contribution in [3.8, 4) is 0 Å². The van der Waals surface area contributed by atoms with E-state index in [0.29, 0.717) is 12.2 Å². The van der Waals surface area contributed by atoms with Crippen LogP contribution in [0.3, 0.4) is 0 Å². The van der Waals surface area contributed by atoms with Crippen LogP contribution in [0.5, 0.6) is 0 Å². The maximum atomic E-state index is 11.8. The first-order valence-corrected chi connectivity index (χ1v) is 14.0. The first-order valence-electron chi connectivity index (χ1n) is 11.1. The minimum Gasteiger partial charge on any atom is -0.392 e. The third-order valence-corrected chi connectivity index (χ3v) is 8.10. The number of hydrogen-bond acceptors (Lipinski definition) is 8. The van der Waals surface area contributed by atoms with Gasteiger partial charge in [0, 0.05) is 24.3 Å². The van der Waals surface area contributed by atoms with Gasteiger partial charge in [-0.3, -0.25) is 4.79 Å². The van der Waals surface area contributed by atoms with Crippen molar-refractivity contribution >= 4 is 63.8 Å². The molecule has 7 nitrogen and oxygen atoms in total. The van der Waals surface area contributed by atoms with Crippen LogP contribution in [-0.2, 0) is 27.4 Å². The topological polar surface area (TPSA) is 93.6 Å². The van der Waals surface area contributed by atoms with Gasteiger partial charge in [0.15, 0.2) is 10.6 Å². The van der Waals surface area contributed by atoms with Gasteiger partial charge in [0.1, 0.15) is 5.01 Å². The summed E-state index contributed by atoms with van der Waals surface area (Å²) < 4.78 is 11.6. The van der Waals surface area contributed by atoms with E-state index in [4.69, 9.17) is 44.3 Å². The summed E-state index contributed by atoms with van der Waals surface area (Å²) in [5.41, 5.74) is 3.56. The zero-order valence-electron chi connectivity index (χ0n) is 19.2. The van der Waals surface area contributed by atoms with E-state index in [1.807, 2.05) is 55.5 Å².